The van der Waals surface area contributed by atoms with Crippen LogP contribution in [0.5, 0.6) is 0 Å². The highest BCUT2D eigenvalue weighted by atomic mass is 32.1. The molecule has 0 amide bonds. The Morgan fingerprint density at radius 3 is 1.87 bits per heavy atom. The predicted octanol–water partition coefficient (Wildman–Crippen LogP) is 6.72. The minimum Gasteiger partial charge on any atom is -0.307 e. The summed E-state index contributed by atoms with van der Waals surface area (Å²) in [7, 11) is 0. The maximum absolute atomic E-state index is 13.8. The summed E-state index contributed by atoms with van der Waals surface area (Å²) in [6.45, 7) is 19.5. The molecule has 0 saturated heterocycles. The molecule has 8 nitrogen and oxygen atoms in total. The van der Waals surface area contributed by atoms with Gasteiger partial charge in [0.25, 0.3) is 22.5 Å². The molecule has 4 aromatic heterocycles. The van der Waals surface area contributed by atoms with Gasteiger partial charge in [-0.25, -0.2) is 20.2 Å². The van der Waals surface area contributed by atoms with E-state index in [9.17, 15) is 20.1 Å². The van der Waals surface area contributed by atoms with E-state index < -0.39 is 0 Å². The highest BCUT2D eigenvalue weighted by Gasteiger charge is 2.56. The van der Waals surface area contributed by atoms with Gasteiger partial charge in [0.2, 0.25) is 0 Å². The minimum absolute atomic E-state index is 0.0396. The average Bonchev–Trinajstić information content (AvgIpc) is 3.97. The molecule has 0 N–H and O–H groups in total. The largest absolute Gasteiger partial charge is 0.307 e. The van der Waals surface area contributed by atoms with E-state index in [1.54, 1.807) is 15.9 Å². The van der Waals surface area contributed by atoms with Crippen LogP contribution in [0.15, 0.2) is 32.9 Å². The fourth-order valence-electron chi connectivity index (χ4n) is 9.23. The number of hydrogen-bond acceptors (Lipinski definition) is 8. The fraction of sp³-hybridized carbons (Fsp3) is 0.400. The number of allylic oxidation sites excluding steroid dienone is 4. The van der Waals surface area contributed by atoms with Crippen LogP contribution in [-0.4, -0.2) is 9.13 Å². The summed E-state index contributed by atoms with van der Waals surface area (Å²) in [5, 5.41) is 19.2. The van der Waals surface area contributed by atoms with Crippen molar-refractivity contribution in [3.05, 3.63) is 101 Å². The molecule has 4 heterocycles. The molecule has 0 aromatic carbocycles. The second-order valence-electron chi connectivity index (χ2n) is 13.9. The van der Waals surface area contributed by atoms with Crippen LogP contribution in [-0.2, 0) is 18.5 Å². The quantitative estimate of drug-likeness (QED) is 0.216. The van der Waals surface area contributed by atoms with Gasteiger partial charge in [0.15, 0.2) is 0 Å². The molecular weight excluding hydrogens is 725 g/mol. The van der Waals surface area contributed by atoms with Crippen molar-refractivity contribution in [3.8, 4) is 12.1 Å². The Morgan fingerprint density at radius 2 is 1.35 bits per heavy atom. The summed E-state index contributed by atoms with van der Waals surface area (Å²) in [5.41, 5.74) is 4.90. The molecule has 2 spiro atoms. The summed E-state index contributed by atoms with van der Waals surface area (Å²) in [6, 6.07) is 6.17. The van der Waals surface area contributed by atoms with Crippen molar-refractivity contribution in [2.24, 2.45) is 5.41 Å². The predicted molar refractivity (Wildman–Crippen MR) is 211 cm³/mol. The van der Waals surface area contributed by atoms with E-state index in [0.29, 0.717) is 31.5 Å². The van der Waals surface area contributed by atoms with Crippen LogP contribution in [0, 0.1) is 41.2 Å². The number of thiazole rings is 2. The number of thiophene rings is 2. The SMILES string of the molecule is [C-]#[N+]/C(C#N)=c1\s/c(=C\c2cc3sc4c(c3s2)C2(CCCCC2)C2=C4C3(CCCCC3)C(/C=c3\s/c(=C(\C#N)[N+]#[C-])n(CC)c3=O)=C2)c(=O)n1CC. The zero-order valence-electron chi connectivity index (χ0n) is 28.9. The Morgan fingerprint density at radius 1 is 0.808 bits per heavy atom. The first-order valence-electron chi connectivity index (χ1n) is 17.8. The zero-order valence-corrected chi connectivity index (χ0v) is 32.2. The summed E-state index contributed by atoms with van der Waals surface area (Å²) >= 11 is 6.10. The lowest BCUT2D eigenvalue weighted by atomic mass is 9.66. The van der Waals surface area contributed by atoms with Gasteiger partial charge in [-0.05, 0) is 80.0 Å². The van der Waals surface area contributed by atoms with E-state index in [-0.39, 0.29) is 33.3 Å². The summed E-state index contributed by atoms with van der Waals surface area (Å²) in [4.78, 5) is 36.4. The molecule has 52 heavy (non-hydrogen) atoms. The second-order valence-corrected chi connectivity index (χ2v) is 18.1. The molecular formula is C40H34N6O2S4. The maximum Gasteiger partial charge on any atom is 0.294 e. The van der Waals surface area contributed by atoms with E-state index in [2.05, 4.69) is 27.9 Å². The van der Waals surface area contributed by atoms with Crippen molar-refractivity contribution >= 4 is 83.9 Å². The standard InChI is InChI=1S/C40H34N6O2S4/c1-5-45-35(47)29(51-37(45)26(21-41)43-3)18-23-17-25-31(39(23)13-9-7-10-14-39)34-32(40(25)15-11-8-12-16-40)33-28(50-34)19-24(49-33)20-30-36(48)46(6-2)38(52-30)27(22-42)44-4/h17-20H,5-16H2,1-2H3/b29-18-,30-20-,37-26+,38-27-. The number of aromatic nitrogens is 2. The average molecular weight is 759 g/mol. The van der Waals surface area contributed by atoms with Crippen LogP contribution >= 0.6 is 45.3 Å². The first-order valence-corrected chi connectivity index (χ1v) is 21.1. The third kappa shape index (κ3) is 4.89. The molecule has 8 rings (SSSR count). The van der Waals surface area contributed by atoms with E-state index in [1.165, 1.54) is 76.6 Å². The van der Waals surface area contributed by atoms with Gasteiger partial charge in [0.1, 0.15) is 9.33 Å². The lowest BCUT2D eigenvalue weighted by Crippen LogP contribution is -2.32. The second kappa shape index (κ2) is 13.1. The third-order valence-corrected chi connectivity index (χ3v) is 16.1. The molecule has 4 aromatic rings. The molecule has 12 heteroatoms. The molecule has 0 atom stereocenters. The Labute approximate surface area is 316 Å². The van der Waals surface area contributed by atoms with Crippen LogP contribution in [0.3, 0.4) is 0 Å². The van der Waals surface area contributed by atoms with Gasteiger partial charge in [-0.15, -0.1) is 45.3 Å². The van der Waals surface area contributed by atoms with E-state index in [4.69, 9.17) is 13.1 Å². The van der Waals surface area contributed by atoms with Crippen molar-refractivity contribution in [2.45, 2.75) is 96.6 Å². The van der Waals surface area contributed by atoms with Crippen LogP contribution < -0.4 is 29.5 Å². The van der Waals surface area contributed by atoms with E-state index in [0.717, 1.165) is 56.2 Å². The lowest BCUT2D eigenvalue weighted by molar-refractivity contribution is 0.332. The monoisotopic (exact) mass is 758 g/mol. The Hall–Kier alpha value is -4.56. The number of nitriles is 2. The van der Waals surface area contributed by atoms with Gasteiger partial charge < -0.3 is 9.13 Å². The van der Waals surface area contributed by atoms with Gasteiger partial charge in [0.05, 0.1) is 39.0 Å². The van der Waals surface area contributed by atoms with Crippen molar-refractivity contribution < 1.29 is 0 Å². The smallest absolute Gasteiger partial charge is 0.294 e. The number of nitrogens with zero attached hydrogens (tertiary/aromatic N) is 6. The molecule has 4 aliphatic carbocycles. The number of fused-ring (bicyclic) bond motifs is 7. The molecule has 0 unspecified atom stereocenters. The minimum atomic E-state index is -0.184. The molecule has 260 valence electrons. The van der Waals surface area contributed by atoms with Gasteiger partial charge in [-0.2, -0.15) is 0 Å². The Bertz CT molecular complexity index is 2790. The van der Waals surface area contributed by atoms with Gasteiger partial charge in [-0.1, -0.05) is 44.6 Å². The third-order valence-electron chi connectivity index (χ3n) is 11.5. The fourth-order valence-corrected chi connectivity index (χ4v) is 14.5. The van der Waals surface area contributed by atoms with Crippen molar-refractivity contribution in [1.82, 2.24) is 9.13 Å². The molecule has 4 aliphatic rings. The van der Waals surface area contributed by atoms with Crippen LogP contribution in [0.25, 0.3) is 48.2 Å². The molecule has 2 fully saturated rings. The topological polar surface area (TPSA) is 100 Å². The normalized spacial score (nSPS) is 20.4. The maximum atomic E-state index is 13.8. The Balaban J connectivity index is 1.33. The first-order chi connectivity index (χ1) is 25.3. The molecule has 2 saturated carbocycles. The van der Waals surface area contributed by atoms with Crippen molar-refractivity contribution in [1.29, 1.82) is 10.5 Å². The van der Waals surface area contributed by atoms with Crippen LogP contribution in [0.4, 0.5) is 0 Å². The molecule has 0 aliphatic heterocycles. The summed E-state index contributed by atoms with van der Waals surface area (Å²) < 4.78 is 7.60. The summed E-state index contributed by atoms with van der Waals surface area (Å²) in [5.74, 6) is 0. The highest BCUT2D eigenvalue weighted by molar-refractivity contribution is 7.29. The van der Waals surface area contributed by atoms with E-state index >= 15 is 0 Å². The van der Waals surface area contributed by atoms with Crippen molar-refractivity contribution in [3.63, 3.8) is 0 Å². The highest BCUT2D eigenvalue weighted by Crippen LogP contribution is 2.69. The first kappa shape index (κ1) is 34.5. The van der Waals surface area contributed by atoms with Crippen LogP contribution in [0.2, 0.25) is 0 Å². The van der Waals surface area contributed by atoms with Gasteiger partial charge in [0, 0.05) is 38.4 Å². The van der Waals surface area contributed by atoms with Gasteiger partial charge >= 0.3 is 0 Å². The van der Waals surface area contributed by atoms with Crippen LogP contribution in [0.1, 0.15) is 93.4 Å². The Kier molecular flexibility index (Phi) is 8.72. The van der Waals surface area contributed by atoms with E-state index in [1.807, 2.05) is 43.4 Å². The van der Waals surface area contributed by atoms with Gasteiger partial charge in [-0.3, -0.25) is 9.59 Å². The summed E-state index contributed by atoms with van der Waals surface area (Å²) in [6.07, 6.45) is 17.7. The molecule has 0 bridgehead atoms. The number of rotatable bonds is 4. The zero-order chi connectivity index (χ0) is 36.4. The molecule has 0 radical (unpaired) electrons. The number of hydrogen-bond donors (Lipinski definition) is 0. The lowest BCUT2D eigenvalue weighted by Gasteiger charge is -2.38. The van der Waals surface area contributed by atoms with Crippen molar-refractivity contribution in [2.75, 3.05) is 0 Å².